The number of rotatable bonds is 5. The first-order valence-corrected chi connectivity index (χ1v) is 4.34. The van der Waals surface area contributed by atoms with Gasteiger partial charge < -0.3 is 13.9 Å². The highest BCUT2D eigenvalue weighted by Gasteiger charge is 2.05. The number of hydrogen-bond acceptors (Lipinski definition) is 4. The Bertz CT molecular complexity index is 300. The molecular formula is C10H12O4. The summed E-state index contributed by atoms with van der Waals surface area (Å²) in [6.07, 6.45) is 3.41. The van der Waals surface area contributed by atoms with Gasteiger partial charge >= 0.3 is 5.97 Å². The van der Waals surface area contributed by atoms with Gasteiger partial charge in [0, 0.05) is 12.0 Å². The fourth-order valence-corrected chi connectivity index (χ4v) is 0.889. The minimum Gasteiger partial charge on any atom is -0.472 e. The summed E-state index contributed by atoms with van der Waals surface area (Å²) in [6.45, 7) is 1.65. The first-order chi connectivity index (χ1) is 6.68. The maximum Gasteiger partial charge on any atom is 0.306 e. The molecule has 1 rings (SSSR count). The molecule has 0 fully saturated rings. The molecule has 0 N–H and O–H groups in total. The summed E-state index contributed by atoms with van der Waals surface area (Å²) in [5.74, 6) is -0.369. The lowest BCUT2D eigenvalue weighted by Crippen LogP contribution is -2.05. The molecule has 4 nitrogen and oxygen atoms in total. The second-order valence-corrected chi connectivity index (χ2v) is 2.99. The summed E-state index contributed by atoms with van der Waals surface area (Å²) in [4.78, 5) is 21.6. The van der Waals surface area contributed by atoms with Crippen molar-refractivity contribution in [2.45, 2.75) is 26.4 Å². The summed E-state index contributed by atoms with van der Waals surface area (Å²) in [5, 5.41) is 0. The molecule has 14 heavy (non-hydrogen) atoms. The topological polar surface area (TPSA) is 56.5 Å². The molecule has 1 aromatic rings. The van der Waals surface area contributed by atoms with E-state index >= 15 is 0 Å². The van der Waals surface area contributed by atoms with Crippen LogP contribution in [0.4, 0.5) is 0 Å². The second kappa shape index (κ2) is 5.21. The lowest BCUT2D eigenvalue weighted by atomic mass is 10.2. The van der Waals surface area contributed by atoms with E-state index in [1.54, 1.807) is 6.07 Å². The maximum absolute atomic E-state index is 11.0. The quantitative estimate of drug-likeness (QED) is 0.672. The molecule has 0 bridgehead atoms. The molecule has 0 saturated carbocycles. The number of Topliss-reactive ketones (excluding diaryl/α,β-unsaturated/α-hetero) is 1. The molecule has 4 heteroatoms. The van der Waals surface area contributed by atoms with Gasteiger partial charge in [-0.3, -0.25) is 4.79 Å². The molecule has 0 aliphatic carbocycles. The van der Waals surface area contributed by atoms with E-state index in [1.165, 1.54) is 19.5 Å². The highest BCUT2D eigenvalue weighted by atomic mass is 16.5. The smallest absolute Gasteiger partial charge is 0.306 e. The summed E-state index contributed by atoms with van der Waals surface area (Å²) >= 11 is 0. The van der Waals surface area contributed by atoms with E-state index in [0.717, 1.165) is 5.56 Å². The molecule has 1 aromatic heterocycles. The van der Waals surface area contributed by atoms with Gasteiger partial charge in [-0.05, 0) is 13.0 Å². The first kappa shape index (κ1) is 10.5. The number of carbonyl (C=O) groups excluding carboxylic acids is 2. The lowest BCUT2D eigenvalue weighted by Gasteiger charge is -2.01. The summed E-state index contributed by atoms with van der Waals surface area (Å²) < 4.78 is 9.69. The maximum atomic E-state index is 11.0. The molecule has 0 unspecified atom stereocenters. The summed E-state index contributed by atoms with van der Waals surface area (Å²) in [7, 11) is 0. The van der Waals surface area contributed by atoms with Gasteiger partial charge in [-0.25, -0.2) is 0 Å². The number of furan rings is 1. The predicted octanol–water partition coefficient (Wildman–Crippen LogP) is 1.69. The van der Waals surface area contributed by atoms with Crippen molar-refractivity contribution in [2.24, 2.45) is 0 Å². The third kappa shape index (κ3) is 3.89. The third-order valence-corrected chi connectivity index (χ3v) is 1.66. The first-order valence-electron chi connectivity index (χ1n) is 4.34. The number of carbonyl (C=O) groups is 2. The predicted molar refractivity (Wildman–Crippen MR) is 48.4 cm³/mol. The van der Waals surface area contributed by atoms with Crippen molar-refractivity contribution in [1.82, 2.24) is 0 Å². The monoisotopic (exact) mass is 196 g/mol. The molecule has 0 spiro atoms. The average molecular weight is 196 g/mol. The normalized spacial score (nSPS) is 9.79. The Kier molecular flexibility index (Phi) is 3.91. The van der Waals surface area contributed by atoms with E-state index in [9.17, 15) is 9.59 Å². The molecule has 0 amide bonds. The fourth-order valence-electron chi connectivity index (χ4n) is 0.889. The van der Waals surface area contributed by atoms with Crippen LogP contribution in [0.5, 0.6) is 0 Å². The van der Waals surface area contributed by atoms with Crippen LogP contribution in [0.15, 0.2) is 23.0 Å². The number of ether oxygens (including phenoxy) is 1. The van der Waals surface area contributed by atoms with Gasteiger partial charge in [0.05, 0.1) is 18.9 Å². The van der Waals surface area contributed by atoms with Crippen molar-refractivity contribution in [3.8, 4) is 0 Å². The van der Waals surface area contributed by atoms with Crippen LogP contribution in [0.3, 0.4) is 0 Å². The SMILES string of the molecule is CC(=O)CCC(=O)OCc1ccoc1. The highest BCUT2D eigenvalue weighted by molar-refractivity contribution is 5.80. The molecule has 76 valence electrons. The zero-order valence-corrected chi connectivity index (χ0v) is 7.99. The average Bonchev–Trinajstić information content (AvgIpc) is 2.63. The van der Waals surface area contributed by atoms with Gasteiger partial charge in [0.2, 0.25) is 0 Å². The molecule has 0 aromatic carbocycles. The number of ketones is 1. The number of hydrogen-bond donors (Lipinski definition) is 0. The van der Waals surface area contributed by atoms with Crippen LogP contribution in [0.2, 0.25) is 0 Å². The van der Waals surface area contributed by atoms with Gasteiger partial charge in [-0.15, -0.1) is 0 Å². The van der Waals surface area contributed by atoms with E-state index in [4.69, 9.17) is 9.15 Å². The van der Waals surface area contributed by atoms with Gasteiger partial charge in [0.1, 0.15) is 12.4 Å². The Morgan fingerprint density at radius 2 is 2.21 bits per heavy atom. The van der Waals surface area contributed by atoms with Crippen LogP contribution < -0.4 is 0 Å². The van der Waals surface area contributed by atoms with E-state index in [1.807, 2.05) is 0 Å². The van der Waals surface area contributed by atoms with Crippen molar-refractivity contribution in [1.29, 1.82) is 0 Å². The van der Waals surface area contributed by atoms with Crippen molar-refractivity contribution < 1.29 is 18.7 Å². The van der Waals surface area contributed by atoms with Gasteiger partial charge in [-0.2, -0.15) is 0 Å². The standard InChI is InChI=1S/C10H12O4/c1-8(11)2-3-10(12)14-7-9-4-5-13-6-9/h4-6H,2-3,7H2,1H3. The van der Waals surface area contributed by atoms with Gasteiger partial charge in [0.15, 0.2) is 0 Å². The van der Waals surface area contributed by atoms with Crippen molar-refractivity contribution in [2.75, 3.05) is 0 Å². The van der Waals surface area contributed by atoms with Crippen LogP contribution in [-0.2, 0) is 20.9 Å². The van der Waals surface area contributed by atoms with Crippen molar-refractivity contribution >= 4 is 11.8 Å². The molecular weight excluding hydrogens is 184 g/mol. The Balaban J connectivity index is 2.18. The van der Waals surface area contributed by atoms with E-state index < -0.39 is 0 Å². The Hall–Kier alpha value is -1.58. The van der Waals surface area contributed by atoms with E-state index in [2.05, 4.69) is 0 Å². The fraction of sp³-hybridized carbons (Fsp3) is 0.400. The minimum absolute atomic E-state index is 0.00902. The Labute approximate surface area is 81.9 Å². The minimum atomic E-state index is -0.360. The summed E-state index contributed by atoms with van der Waals surface area (Å²) in [6, 6.07) is 1.72. The zero-order chi connectivity index (χ0) is 10.4. The van der Waals surface area contributed by atoms with Crippen molar-refractivity contribution in [3.63, 3.8) is 0 Å². The van der Waals surface area contributed by atoms with Gasteiger partial charge in [0.25, 0.3) is 0 Å². The Morgan fingerprint density at radius 1 is 1.43 bits per heavy atom. The van der Waals surface area contributed by atoms with Crippen LogP contribution in [0.1, 0.15) is 25.3 Å². The van der Waals surface area contributed by atoms with E-state index in [-0.39, 0.29) is 31.2 Å². The van der Waals surface area contributed by atoms with Crippen LogP contribution in [0.25, 0.3) is 0 Å². The lowest BCUT2D eigenvalue weighted by molar-refractivity contribution is -0.146. The molecule has 0 saturated heterocycles. The molecule has 0 aliphatic rings. The molecule has 0 atom stereocenters. The van der Waals surface area contributed by atoms with Crippen LogP contribution in [0, 0.1) is 0 Å². The van der Waals surface area contributed by atoms with Gasteiger partial charge in [-0.1, -0.05) is 0 Å². The van der Waals surface area contributed by atoms with E-state index in [0.29, 0.717) is 0 Å². The molecule has 0 aliphatic heterocycles. The second-order valence-electron chi connectivity index (χ2n) is 2.99. The summed E-state index contributed by atoms with van der Waals surface area (Å²) in [5.41, 5.74) is 0.807. The largest absolute Gasteiger partial charge is 0.472 e. The van der Waals surface area contributed by atoms with Crippen LogP contribution in [-0.4, -0.2) is 11.8 Å². The highest BCUT2D eigenvalue weighted by Crippen LogP contribution is 2.03. The molecule has 0 radical (unpaired) electrons. The zero-order valence-electron chi connectivity index (χ0n) is 7.99. The Morgan fingerprint density at radius 3 is 2.79 bits per heavy atom. The number of esters is 1. The van der Waals surface area contributed by atoms with Crippen molar-refractivity contribution in [3.05, 3.63) is 24.2 Å². The third-order valence-electron chi connectivity index (χ3n) is 1.66. The molecule has 1 heterocycles. The van der Waals surface area contributed by atoms with Crippen LogP contribution >= 0.6 is 0 Å².